The van der Waals surface area contributed by atoms with Crippen LogP contribution in [0.3, 0.4) is 0 Å². The molecule has 0 aromatic heterocycles. The molecule has 1 aromatic rings. The molecule has 6 heteroatoms. The van der Waals surface area contributed by atoms with Gasteiger partial charge in [0, 0.05) is 0 Å². The SMILES string of the molecule is O=C(OCc1ccccc1)N1CCS1(=O)=O. The van der Waals surface area contributed by atoms with Crippen LogP contribution < -0.4 is 0 Å². The fourth-order valence-electron chi connectivity index (χ4n) is 1.33. The lowest BCUT2D eigenvalue weighted by atomic mass is 10.2. The zero-order chi connectivity index (χ0) is 11.6. The summed E-state index contributed by atoms with van der Waals surface area (Å²) in [5.41, 5.74) is 0.828. The molecule has 16 heavy (non-hydrogen) atoms. The third kappa shape index (κ3) is 2.16. The van der Waals surface area contributed by atoms with Crippen LogP contribution >= 0.6 is 0 Å². The Morgan fingerprint density at radius 2 is 2.00 bits per heavy atom. The third-order valence-electron chi connectivity index (χ3n) is 2.30. The zero-order valence-corrected chi connectivity index (χ0v) is 9.31. The largest absolute Gasteiger partial charge is 0.444 e. The fraction of sp³-hybridized carbons (Fsp3) is 0.300. The smallest absolute Gasteiger partial charge is 0.423 e. The molecule has 0 radical (unpaired) electrons. The Hall–Kier alpha value is -1.56. The Morgan fingerprint density at radius 1 is 1.31 bits per heavy atom. The number of amides is 1. The second-order valence-electron chi connectivity index (χ2n) is 3.43. The molecule has 1 aliphatic rings. The van der Waals surface area contributed by atoms with E-state index in [1.54, 1.807) is 12.1 Å². The first-order valence-corrected chi connectivity index (χ1v) is 6.41. The Balaban J connectivity index is 1.90. The van der Waals surface area contributed by atoms with Gasteiger partial charge < -0.3 is 4.74 Å². The van der Waals surface area contributed by atoms with Gasteiger partial charge in [0.25, 0.3) is 0 Å². The van der Waals surface area contributed by atoms with E-state index in [2.05, 4.69) is 0 Å². The molecule has 0 unspecified atom stereocenters. The van der Waals surface area contributed by atoms with Crippen molar-refractivity contribution in [1.29, 1.82) is 0 Å². The normalized spacial score (nSPS) is 17.6. The Bertz CT molecular complexity index is 483. The van der Waals surface area contributed by atoms with Gasteiger partial charge in [0.2, 0.25) is 10.0 Å². The van der Waals surface area contributed by atoms with Gasteiger partial charge in [-0.05, 0) is 5.56 Å². The van der Waals surface area contributed by atoms with Crippen LogP contribution in [-0.4, -0.2) is 31.1 Å². The molecule has 0 atom stereocenters. The minimum absolute atomic E-state index is 0.0213. The Kier molecular flexibility index (Phi) is 2.82. The van der Waals surface area contributed by atoms with E-state index in [-0.39, 0.29) is 18.9 Å². The van der Waals surface area contributed by atoms with Crippen LogP contribution in [0.15, 0.2) is 30.3 Å². The van der Waals surface area contributed by atoms with E-state index in [9.17, 15) is 13.2 Å². The summed E-state index contributed by atoms with van der Waals surface area (Å²) in [6.45, 7) is 0.307. The summed E-state index contributed by atoms with van der Waals surface area (Å²) in [5.74, 6) is 0.0213. The van der Waals surface area contributed by atoms with E-state index in [0.717, 1.165) is 9.87 Å². The summed E-state index contributed by atoms with van der Waals surface area (Å²) in [6, 6.07) is 9.11. The maximum Gasteiger partial charge on any atom is 0.423 e. The number of carbonyl (C=O) groups excluding carboxylic acids is 1. The summed E-state index contributed by atoms with van der Waals surface area (Å²) >= 11 is 0. The first-order chi connectivity index (χ1) is 7.59. The highest BCUT2D eigenvalue weighted by Crippen LogP contribution is 2.15. The quantitative estimate of drug-likeness (QED) is 0.774. The van der Waals surface area contributed by atoms with E-state index in [1.807, 2.05) is 18.2 Å². The van der Waals surface area contributed by atoms with Gasteiger partial charge in [-0.2, -0.15) is 0 Å². The van der Waals surface area contributed by atoms with Crippen LogP contribution in [0.1, 0.15) is 5.56 Å². The number of hydrogen-bond acceptors (Lipinski definition) is 4. The van der Waals surface area contributed by atoms with Crippen molar-refractivity contribution in [2.45, 2.75) is 6.61 Å². The molecular weight excluding hydrogens is 230 g/mol. The molecule has 1 aromatic carbocycles. The first kappa shape index (κ1) is 10.9. The number of ether oxygens (including phenoxy) is 1. The minimum atomic E-state index is -3.37. The number of nitrogens with zero attached hydrogens (tertiary/aromatic N) is 1. The molecule has 1 saturated heterocycles. The lowest BCUT2D eigenvalue weighted by molar-refractivity contribution is 0.116. The first-order valence-electron chi connectivity index (χ1n) is 4.81. The topological polar surface area (TPSA) is 63.7 Å². The molecule has 2 rings (SSSR count). The maximum absolute atomic E-state index is 11.3. The van der Waals surface area contributed by atoms with E-state index >= 15 is 0 Å². The molecule has 5 nitrogen and oxygen atoms in total. The van der Waals surface area contributed by atoms with Gasteiger partial charge in [-0.3, -0.25) is 0 Å². The average Bonchev–Trinajstić information content (AvgIpc) is 2.26. The second-order valence-corrected chi connectivity index (χ2v) is 5.44. The number of sulfonamides is 1. The molecule has 0 saturated carbocycles. The highest BCUT2D eigenvalue weighted by molar-refractivity contribution is 7.90. The molecule has 0 bridgehead atoms. The fourth-order valence-corrected chi connectivity index (χ4v) is 2.27. The van der Waals surface area contributed by atoms with Crippen molar-refractivity contribution in [2.24, 2.45) is 0 Å². The van der Waals surface area contributed by atoms with E-state index < -0.39 is 16.1 Å². The van der Waals surface area contributed by atoms with Gasteiger partial charge in [0.1, 0.15) is 6.61 Å². The van der Waals surface area contributed by atoms with Crippen LogP contribution in [-0.2, 0) is 21.4 Å². The van der Waals surface area contributed by atoms with Crippen LogP contribution in [0.4, 0.5) is 4.79 Å². The molecule has 1 amide bonds. The lowest BCUT2D eigenvalue weighted by Crippen LogP contribution is -2.51. The summed E-state index contributed by atoms with van der Waals surface area (Å²) < 4.78 is 27.8. The monoisotopic (exact) mass is 241 g/mol. The van der Waals surface area contributed by atoms with Crippen molar-refractivity contribution >= 4 is 16.1 Å². The second kappa shape index (κ2) is 4.13. The summed E-state index contributed by atoms with van der Waals surface area (Å²) in [6.07, 6.45) is -0.796. The molecule has 0 spiro atoms. The van der Waals surface area contributed by atoms with Gasteiger partial charge >= 0.3 is 6.09 Å². The highest BCUT2D eigenvalue weighted by atomic mass is 32.2. The predicted octanol–water partition coefficient (Wildman–Crippen LogP) is 0.969. The van der Waals surface area contributed by atoms with E-state index in [1.165, 1.54) is 0 Å². The molecule has 1 aliphatic heterocycles. The minimum Gasteiger partial charge on any atom is -0.444 e. The van der Waals surface area contributed by atoms with Crippen molar-refractivity contribution in [3.63, 3.8) is 0 Å². The van der Waals surface area contributed by atoms with Crippen molar-refractivity contribution < 1.29 is 17.9 Å². The number of benzene rings is 1. The van der Waals surface area contributed by atoms with Crippen molar-refractivity contribution in [3.8, 4) is 0 Å². The molecule has 0 N–H and O–H groups in total. The molecule has 86 valence electrons. The van der Waals surface area contributed by atoms with E-state index in [4.69, 9.17) is 4.74 Å². The predicted molar refractivity (Wildman–Crippen MR) is 57.1 cm³/mol. The Morgan fingerprint density at radius 3 is 2.50 bits per heavy atom. The lowest BCUT2D eigenvalue weighted by Gasteiger charge is -2.29. The van der Waals surface area contributed by atoms with Crippen molar-refractivity contribution in [1.82, 2.24) is 4.31 Å². The standard InChI is InChI=1S/C10H11NO4S/c12-10(11-6-7-16(11,13)14)15-8-9-4-2-1-3-5-9/h1-5H,6-8H2. The van der Waals surface area contributed by atoms with Gasteiger partial charge in [-0.25, -0.2) is 17.5 Å². The van der Waals surface area contributed by atoms with Gasteiger partial charge in [-0.15, -0.1) is 0 Å². The third-order valence-corrected chi connectivity index (χ3v) is 4.00. The highest BCUT2D eigenvalue weighted by Gasteiger charge is 2.37. The molecule has 0 aliphatic carbocycles. The van der Waals surface area contributed by atoms with Gasteiger partial charge in [0.05, 0.1) is 12.3 Å². The number of rotatable bonds is 2. The number of hydrogen-bond donors (Lipinski definition) is 0. The Labute approximate surface area is 93.7 Å². The van der Waals surface area contributed by atoms with Crippen molar-refractivity contribution in [2.75, 3.05) is 12.3 Å². The summed E-state index contributed by atoms with van der Waals surface area (Å²) in [4.78, 5) is 11.3. The summed E-state index contributed by atoms with van der Waals surface area (Å²) in [5, 5.41) is 0. The van der Waals surface area contributed by atoms with Crippen LogP contribution in [0.25, 0.3) is 0 Å². The van der Waals surface area contributed by atoms with Crippen LogP contribution in [0.5, 0.6) is 0 Å². The molecule has 1 heterocycles. The van der Waals surface area contributed by atoms with Gasteiger partial charge in [-0.1, -0.05) is 30.3 Å². The van der Waals surface area contributed by atoms with Gasteiger partial charge in [0.15, 0.2) is 0 Å². The zero-order valence-electron chi connectivity index (χ0n) is 8.50. The van der Waals surface area contributed by atoms with Crippen LogP contribution in [0, 0.1) is 0 Å². The molecular formula is C10H11NO4S. The molecule has 1 fully saturated rings. The average molecular weight is 241 g/mol. The summed E-state index contributed by atoms with van der Waals surface area (Å²) in [7, 11) is -3.37. The van der Waals surface area contributed by atoms with Crippen molar-refractivity contribution in [3.05, 3.63) is 35.9 Å². The maximum atomic E-state index is 11.3. The van der Waals surface area contributed by atoms with Crippen LogP contribution in [0.2, 0.25) is 0 Å². The number of carbonyl (C=O) groups is 1. The van der Waals surface area contributed by atoms with E-state index in [0.29, 0.717) is 0 Å².